The lowest BCUT2D eigenvalue weighted by Gasteiger charge is -2.18. The molecule has 2 rings (SSSR count). The topological polar surface area (TPSA) is 60.0 Å². The number of nitrogens with two attached hydrogens (primary N) is 1. The third-order valence-electron chi connectivity index (χ3n) is 2.79. The van der Waals surface area contributed by atoms with Crippen LogP contribution in [0, 0.1) is 6.92 Å². The van der Waals surface area contributed by atoms with E-state index in [1.165, 1.54) is 11.3 Å². The van der Waals surface area contributed by atoms with E-state index < -0.39 is 0 Å². The minimum atomic E-state index is 0.580. The van der Waals surface area contributed by atoms with E-state index in [2.05, 4.69) is 53.4 Å². The Morgan fingerprint density at radius 2 is 2.22 bits per heavy atom. The zero-order valence-corrected chi connectivity index (χ0v) is 10.9. The fourth-order valence-electron chi connectivity index (χ4n) is 1.85. The molecule has 0 amide bonds. The molecule has 1 heterocycles. The van der Waals surface area contributed by atoms with Crippen LogP contribution in [0.2, 0.25) is 0 Å². The molecule has 96 valence electrons. The van der Waals surface area contributed by atoms with Crippen LogP contribution >= 0.6 is 0 Å². The third-order valence-corrected chi connectivity index (χ3v) is 2.79. The van der Waals surface area contributed by atoms with Crippen LogP contribution in [-0.4, -0.2) is 28.6 Å². The average Bonchev–Trinajstić information content (AvgIpc) is 2.77. The van der Waals surface area contributed by atoms with Gasteiger partial charge in [-0.1, -0.05) is 17.3 Å². The summed E-state index contributed by atoms with van der Waals surface area (Å²) in [7, 11) is 2.05. The van der Waals surface area contributed by atoms with E-state index in [1.54, 1.807) is 4.68 Å². The van der Waals surface area contributed by atoms with E-state index in [9.17, 15) is 0 Å². The summed E-state index contributed by atoms with van der Waals surface area (Å²) in [5.74, 6) is 0. The highest BCUT2D eigenvalue weighted by Gasteiger charge is 2.05. The van der Waals surface area contributed by atoms with Crippen LogP contribution in [0.1, 0.15) is 11.3 Å². The number of aromatic nitrogens is 3. The van der Waals surface area contributed by atoms with Gasteiger partial charge < -0.3 is 10.6 Å². The van der Waals surface area contributed by atoms with Crippen molar-refractivity contribution < 1.29 is 0 Å². The molecule has 0 unspecified atom stereocenters. The first-order chi connectivity index (χ1) is 8.69. The molecule has 0 aliphatic carbocycles. The standard InChI is InChI=1S/C13H19N5/c1-11-4-3-5-13(8-11)17(2)9-12-10-18(7-6-14)16-15-12/h3-5,8,10H,6-7,9,14H2,1-2H3. The van der Waals surface area contributed by atoms with Crippen molar-refractivity contribution in [2.75, 3.05) is 18.5 Å². The second kappa shape index (κ2) is 5.64. The number of aryl methyl sites for hydroxylation is 1. The summed E-state index contributed by atoms with van der Waals surface area (Å²) in [5, 5.41) is 8.17. The Morgan fingerprint density at radius 3 is 2.94 bits per heavy atom. The summed E-state index contributed by atoms with van der Waals surface area (Å²) in [6.07, 6.45) is 1.94. The Kier molecular flexibility index (Phi) is 3.94. The van der Waals surface area contributed by atoms with Gasteiger partial charge >= 0.3 is 0 Å². The van der Waals surface area contributed by atoms with Crippen LogP contribution in [0.3, 0.4) is 0 Å². The molecule has 5 nitrogen and oxygen atoms in total. The Labute approximate surface area is 107 Å². The van der Waals surface area contributed by atoms with Crippen LogP contribution in [0.25, 0.3) is 0 Å². The molecule has 0 aliphatic heterocycles. The van der Waals surface area contributed by atoms with Crippen molar-refractivity contribution in [2.24, 2.45) is 5.73 Å². The van der Waals surface area contributed by atoms with Gasteiger partial charge in [0.2, 0.25) is 0 Å². The van der Waals surface area contributed by atoms with Crippen molar-refractivity contribution in [1.29, 1.82) is 0 Å². The maximum absolute atomic E-state index is 5.48. The average molecular weight is 245 g/mol. The van der Waals surface area contributed by atoms with E-state index in [1.807, 2.05) is 6.20 Å². The summed E-state index contributed by atoms with van der Waals surface area (Å²) >= 11 is 0. The molecule has 1 aromatic carbocycles. The highest BCUT2D eigenvalue weighted by Crippen LogP contribution is 2.15. The molecule has 1 aromatic heterocycles. The maximum Gasteiger partial charge on any atom is 0.102 e. The number of benzene rings is 1. The van der Waals surface area contributed by atoms with Crippen molar-refractivity contribution in [1.82, 2.24) is 15.0 Å². The second-order valence-corrected chi connectivity index (χ2v) is 4.46. The molecule has 0 spiro atoms. The second-order valence-electron chi connectivity index (χ2n) is 4.46. The maximum atomic E-state index is 5.48. The normalized spacial score (nSPS) is 10.6. The van der Waals surface area contributed by atoms with Gasteiger partial charge in [0, 0.05) is 19.3 Å². The molecule has 0 saturated heterocycles. The lowest BCUT2D eigenvalue weighted by atomic mass is 10.2. The number of hydrogen-bond acceptors (Lipinski definition) is 4. The molecule has 18 heavy (non-hydrogen) atoms. The summed E-state index contributed by atoms with van der Waals surface area (Å²) in [6.45, 7) is 4.13. The van der Waals surface area contributed by atoms with E-state index in [0.717, 1.165) is 12.2 Å². The molecule has 0 atom stereocenters. The van der Waals surface area contributed by atoms with Gasteiger partial charge in [-0.15, -0.1) is 5.10 Å². The molecule has 0 bridgehead atoms. The van der Waals surface area contributed by atoms with Gasteiger partial charge in [0.15, 0.2) is 0 Å². The molecular formula is C13H19N5. The fourth-order valence-corrected chi connectivity index (χ4v) is 1.85. The Bertz CT molecular complexity index is 506. The van der Waals surface area contributed by atoms with E-state index in [0.29, 0.717) is 13.1 Å². The molecule has 0 saturated carbocycles. The van der Waals surface area contributed by atoms with Gasteiger partial charge in [0.05, 0.1) is 19.3 Å². The zero-order valence-electron chi connectivity index (χ0n) is 10.9. The van der Waals surface area contributed by atoms with Gasteiger partial charge in [-0.05, 0) is 24.6 Å². The third kappa shape index (κ3) is 3.07. The van der Waals surface area contributed by atoms with E-state index >= 15 is 0 Å². The number of hydrogen-bond donors (Lipinski definition) is 1. The Hall–Kier alpha value is -1.88. The van der Waals surface area contributed by atoms with Gasteiger partial charge in [0.1, 0.15) is 5.69 Å². The van der Waals surface area contributed by atoms with Crippen molar-refractivity contribution in [3.05, 3.63) is 41.7 Å². The first-order valence-corrected chi connectivity index (χ1v) is 6.06. The largest absolute Gasteiger partial charge is 0.369 e. The van der Waals surface area contributed by atoms with Crippen LogP contribution in [0.5, 0.6) is 0 Å². The molecule has 0 aliphatic rings. The lowest BCUT2D eigenvalue weighted by Crippen LogP contribution is -2.16. The number of rotatable bonds is 5. The van der Waals surface area contributed by atoms with Crippen molar-refractivity contribution in [3.8, 4) is 0 Å². The smallest absolute Gasteiger partial charge is 0.102 e. The first kappa shape index (κ1) is 12.6. The minimum Gasteiger partial charge on any atom is -0.369 e. The predicted octanol–water partition coefficient (Wildman–Crippen LogP) is 1.18. The SMILES string of the molecule is Cc1cccc(N(C)Cc2cn(CCN)nn2)c1. The molecule has 5 heteroatoms. The predicted molar refractivity (Wildman–Crippen MR) is 72.4 cm³/mol. The van der Waals surface area contributed by atoms with Crippen LogP contribution in [0.4, 0.5) is 5.69 Å². The Balaban J connectivity index is 2.04. The van der Waals surface area contributed by atoms with Crippen LogP contribution < -0.4 is 10.6 Å². The van der Waals surface area contributed by atoms with Crippen molar-refractivity contribution in [2.45, 2.75) is 20.0 Å². The highest BCUT2D eigenvalue weighted by atomic mass is 15.4. The zero-order chi connectivity index (χ0) is 13.0. The molecule has 2 aromatic rings. The number of anilines is 1. The summed E-state index contributed by atoms with van der Waals surface area (Å²) in [6, 6.07) is 8.41. The fraction of sp³-hybridized carbons (Fsp3) is 0.385. The minimum absolute atomic E-state index is 0.580. The lowest BCUT2D eigenvalue weighted by molar-refractivity contribution is 0.598. The van der Waals surface area contributed by atoms with Gasteiger partial charge in [0.25, 0.3) is 0 Å². The molecular weight excluding hydrogens is 226 g/mol. The van der Waals surface area contributed by atoms with E-state index in [-0.39, 0.29) is 0 Å². The molecule has 2 N–H and O–H groups in total. The number of nitrogens with zero attached hydrogens (tertiary/aromatic N) is 4. The van der Waals surface area contributed by atoms with E-state index in [4.69, 9.17) is 5.73 Å². The van der Waals surface area contributed by atoms with Gasteiger partial charge in [-0.25, -0.2) is 0 Å². The van der Waals surface area contributed by atoms with Crippen molar-refractivity contribution in [3.63, 3.8) is 0 Å². The van der Waals surface area contributed by atoms with Crippen LogP contribution in [0.15, 0.2) is 30.5 Å². The molecule has 0 fully saturated rings. The summed E-state index contributed by atoms with van der Waals surface area (Å²) < 4.78 is 1.78. The highest BCUT2D eigenvalue weighted by molar-refractivity contribution is 5.47. The quantitative estimate of drug-likeness (QED) is 0.859. The first-order valence-electron chi connectivity index (χ1n) is 6.06. The van der Waals surface area contributed by atoms with Gasteiger partial charge in [-0.2, -0.15) is 0 Å². The van der Waals surface area contributed by atoms with Crippen molar-refractivity contribution >= 4 is 5.69 Å². The Morgan fingerprint density at radius 1 is 1.39 bits per heavy atom. The summed E-state index contributed by atoms with van der Waals surface area (Å²) in [4.78, 5) is 2.16. The van der Waals surface area contributed by atoms with Crippen LogP contribution in [-0.2, 0) is 13.1 Å². The monoisotopic (exact) mass is 245 g/mol. The molecule has 0 radical (unpaired) electrons. The summed E-state index contributed by atoms with van der Waals surface area (Å²) in [5.41, 5.74) is 8.87. The van der Waals surface area contributed by atoms with Gasteiger partial charge in [-0.3, -0.25) is 4.68 Å².